The maximum absolute atomic E-state index is 9.90. The number of hydrogen-bond acceptors (Lipinski definition) is 1. The molecule has 0 aromatic rings. The van der Waals surface area contributed by atoms with E-state index in [1.807, 2.05) is 6.92 Å². The second-order valence-electron chi connectivity index (χ2n) is 2.02. The van der Waals surface area contributed by atoms with Crippen molar-refractivity contribution in [3.63, 3.8) is 0 Å². The standard InChI is InChI=1S/C5H7ClO/c1-3-4(2-7)5(3)6/h2-5H,1H3/t3-,4+,5+/m0/s1. The summed E-state index contributed by atoms with van der Waals surface area (Å²) in [5, 5.41) is 0.137. The molecular formula is C5H7ClO. The predicted octanol–water partition coefficient (Wildman–Crippen LogP) is 1.06. The molecule has 0 amide bonds. The van der Waals surface area contributed by atoms with E-state index in [1.54, 1.807) is 0 Å². The molecule has 2 heteroatoms. The molecular weight excluding hydrogens is 112 g/mol. The SMILES string of the molecule is C[C@@H]1[C@@H](Cl)[C@@H]1C=O. The third-order valence-corrected chi connectivity index (χ3v) is 2.18. The topological polar surface area (TPSA) is 17.1 Å². The molecule has 0 spiro atoms. The molecule has 1 saturated carbocycles. The predicted molar refractivity (Wildman–Crippen MR) is 28.4 cm³/mol. The minimum Gasteiger partial charge on any atom is -0.303 e. The van der Waals surface area contributed by atoms with Crippen LogP contribution in [0.3, 0.4) is 0 Å². The Balaban J connectivity index is 2.37. The van der Waals surface area contributed by atoms with E-state index in [9.17, 15) is 4.79 Å². The first-order valence-corrected chi connectivity index (χ1v) is 2.80. The Morgan fingerprint density at radius 2 is 2.14 bits per heavy atom. The fourth-order valence-electron chi connectivity index (χ4n) is 0.642. The van der Waals surface area contributed by atoms with Crippen LogP contribution in [0.1, 0.15) is 6.92 Å². The van der Waals surface area contributed by atoms with Crippen LogP contribution >= 0.6 is 11.6 Å². The second-order valence-corrected chi connectivity index (χ2v) is 2.52. The first-order chi connectivity index (χ1) is 3.27. The van der Waals surface area contributed by atoms with Gasteiger partial charge in [0.2, 0.25) is 0 Å². The summed E-state index contributed by atoms with van der Waals surface area (Å²) in [6.45, 7) is 1.98. The van der Waals surface area contributed by atoms with E-state index < -0.39 is 0 Å². The van der Waals surface area contributed by atoms with E-state index in [2.05, 4.69) is 0 Å². The second kappa shape index (κ2) is 1.48. The highest BCUT2D eigenvalue weighted by Gasteiger charge is 2.44. The van der Waals surface area contributed by atoms with Gasteiger partial charge in [0.25, 0.3) is 0 Å². The summed E-state index contributed by atoms with van der Waals surface area (Å²) in [6.07, 6.45) is 0.933. The van der Waals surface area contributed by atoms with E-state index >= 15 is 0 Å². The van der Waals surface area contributed by atoms with Gasteiger partial charge < -0.3 is 4.79 Å². The van der Waals surface area contributed by atoms with Crippen LogP contribution in [0, 0.1) is 11.8 Å². The van der Waals surface area contributed by atoms with Gasteiger partial charge in [-0.2, -0.15) is 0 Å². The van der Waals surface area contributed by atoms with Gasteiger partial charge >= 0.3 is 0 Å². The summed E-state index contributed by atoms with van der Waals surface area (Å²) in [5.41, 5.74) is 0. The van der Waals surface area contributed by atoms with Crippen LogP contribution in [0.4, 0.5) is 0 Å². The maximum Gasteiger partial charge on any atom is 0.124 e. The van der Waals surface area contributed by atoms with Gasteiger partial charge in [-0.1, -0.05) is 6.92 Å². The number of carbonyl (C=O) groups is 1. The molecule has 1 rings (SSSR count). The molecule has 0 aromatic heterocycles. The highest BCUT2D eigenvalue weighted by atomic mass is 35.5. The van der Waals surface area contributed by atoms with Gasteiger partial charge in [-0.3, -0.25) is 0 Å². The van der Waals surface area contributed by atoms with Gasteiger partial charge in [-0.15, -0.1) is 11.6 Å². The highest BCUT2D eigenvalue weighted by molar-refractivity contribution is 6.24. The fraction of sp³-hybridized carbons (Fsp3) is 0.800. The van der Waals surface area contributed by atoms with Gasteiger partial charge in [-0.25, -0.2) is 0 Å². The van der Waals surface area contributed by atoms with E-state index in [0.717, 1.165) is 6.29 Å². The van der Waals surface area contributed by atoms with Crippen LogP contribution in [-0.4, -0.2) is 11.7 Å². The van der Waals surface area contributed by atoms with Crippen LogP contribution < -0.4 is 0 Å². The van der Waals surface area contributed by atoms with E-state index in [4.69, 9.17) is 11.6 Å². The quantitative estimate of drug-likeness (QED) is 0.372. The van der Waals surface area contributed by atoms with Crippen molar-refractivity contribution in [2.24, 2.45) is 11.8 Å². The average Bonchev–Trinajstić information content (AvgIpc) is 2.17. The lowest BCUT2D eigenvalue weighted by Gasteiger charge is -1.66. The van der Waals surface area contributed by atoms with E-state index in [-0.39, 0.29) is 11.3 Å². The largest absolute Gasteiger partial charge is 0.303 e. The zero-order chi connectivity index (χ0) is 5.44. The van der Waals surface area contributed by atoms with E-state index in [1.165, 1.54) is 0 Å². The summed E-state index contributed by atoms with van der Waals surface area (Å²) in [5.74, 6) is 0.584. The molecule has 0 saturated heterocycles. The summed E-state index contributed by atoms with van der Waals surface area (Å²) in [4.78, 5) is 9.90. The monoisotopic (exact) mass is 118 g/mol. The van der Waals surface area contributed by atoms with Crippen LogP contribution in [0.2, 0.25) is 0 Å². The molecule has 0 heterocycles. The Morgan fingerprint density at radius 3 is 2.14 bits per heavy atom. The van der Waals surface area contributed by atoms with Gasteiger partial charge in [0.05, 0.1) is 0 Å². The highest BCUT2D eigenvalue weighted by Crippen LogP contribution is 2.41. The van der Waals surface area contributed by atoms with Crippen molar-refractivity contribution < 1.29 is 4.79 Å². The Bertz CT molecular complexity index is 84.1. The zero-order valence-corrected chi connectivity index (χ0v) is 4.85. The molecule has 1 aliphatic rings. The van der Waals surface area contributed by atoms with Crippen molar-refractivity contribution in [3.8, 4) is 0 Å². The summed E-state index contributed by atoms with van der Waals surface area (Å²) >= 11 is 5.57. The van der Waals surface area contributed by atoms with Gasteiger partial charge in [0.15, 0.2) is 0 Å². The van der Waals surface area contributed by atoms with Crippen LogP contribution in [0.15, 0.2) is 0 Å². The van der Waals surface area contributed by atoms with Gasteiger partial charge in [-0.05, 0) is 5.92 Å². The molecule has 1 fully saturated rings. The van der Waals surface area contributed by atoms with Crippen LogP contribution in [-0.2, 0) is 4.79 Å². The number of alkyl halides is 1. The zero-order valence-electron chi connectivity index (χ0n) is 4.10. The minimum atomic E-state index is 0.137. The molecule has 0 aliphatic heterocycles. The first-order valence-electron chi connectivity index (χ1n) is 2.36. The van der Waals surface area contributed by atoms with Crippen molar-refractivity contribution in [2.45, 2.75) is 12.3 Å². The Kier molecular flexibility index (Phi) is 1.08. The molecule has 7 heavy (non-hydrogen) atoms. The number of hydrogen-bond donors (Lipinski definition) is 0. The van der Waals surface area contributed by atoms with Crippen LogP contribution in [0.5, 0.6) is 0 Å². The maximum atomic E-state index is 9.90. The number of carbonyl (C=O) groups excluding carboxylic acids is 1. The molecule has 0 unspecified atom stereocenters. The van der Waals surface area contributed by atoms with Crippen molar-refractivity contribution in [3.05, 3.63) is 0 Å². The molecule has 1 aliphatic carbocycles. The Labute approximate surface area is 47.7 Å². The molecule has 0 radical (unpaired) electrons. The van der Waals surface area contributed by atoms with E-state index in [0.29, 0.717) is 5.92 Å². The van der Waals surface area contributed by atoms with Crippen LogP contribution in [0.25, 0.3) is 0 Å². The first kappa shape index (κ1) is 5.10. The lowest BCUT2D eigenvalue weighted by molar-refractivity contribution is -0.109. The summed E-state index contributed by atoms with van der Waals surface area (Å²) in [7, 11) is 0. The molecule has 1 nitrogen and oxygen atoms in total. The molecule has 3 atom stereocenters. The molecule has 0 aromatic carbocycles. The third kappa shape index (κ3) is 0.653. The molecule has 40 valence electrons. The van der Waals surface area contributed by atoms with Gasteiger partial charge in [0, 0.05) is 11.3 Å². The normalized spacial score (nSPS) is 48.6. The third-order valence-electron chi connectivity index (χ3n) is 1.49. The van der Waals surface area contributed by atoms with Crippen molar-refractivity contribution in [1.29, 1.82) is 0 Å². The summed E-state index contributed by atoms with van der Waals surface area (Å²) < 4.78 is 0. The number of aldehydes is 1. The smallest absolute Gasteiger partial charge is 0.124 e. The van der Waals surface area contributed by atoms with Crippen molar-refractivity contribution in [1.82, 2.24) is 0 Å². The number of halogens is 1. The fourth-order valence-corrected chi connectivity index (χ4v) is 1.01. The van der Waals surface area contributed by atoms with Gasteiger partial charge in [0.1, 0.15) is 6.29 Å². The molecule has 0 bridgehead atoms. The Hall–Kier alpha value is -0.0400. The van der Waals surface area contributed by atoms with Crippen molar-refractivity contribution in [2.75, 3.05) is 0 Å². The molecule has 0 N–H and O–H groups in total. The van der Waals surface area contributed by atoms with Crippen molar-refractivity contribution >= 4 is 17.9 Å². The summed E-state index contributed by atoms with van der Waals surface area (Å²) in [6, 6.07) is 0. The Morgan fingerprint density at radius 1 is 1.71 bits per heavy atom. The lowest BCUT2D eigenvalue weighted by Crippen LogP contribution is -1.76. The average molecular weight is 119 g/mol. The number of rotatable bonds is 1. The minimum absolute atomic E-state index is 0.137. The lowest BCUT2D eigenvalue weighted by atomic mass is 10.4.